The predicted molar refractivity (Wildman–Crippen MR) is 92.9 cm³/mol. The number of anilines is 1. The summed E-state index contributed by atoms with van der Waals surface area (Å²) < 4.78 is 26.2. The fraction of sp³-hybridized carbons (Fsp3) is 0.167. The van der Waals surface area contributed by atoms with Gasteiger partial charge in [0, 0.05) is 17.8 Å². The fourth-order valence-corrected chi connectivity index (χ4v) is 2.27. The summed E-state index contributed by atoms with van der Waals surface area (Å²) in [5.41, 5.74) is 0.437. The van der Waals surface area contributed by atoms with Gasteiger partial charge in [-0.25, -0.2) is 14.1 Å². The van der Waals surface area contributed by atoms with Crippen molar-refractivity contribution >= 4 is 11.6 Å². The lowest BCUT2D eigenvalue weighted by molar-refractivity contribution is 0.102. The van der Waals surface area contributed by atoms with Crippen LogP contribution >= 0.6 is 0 Å². The Morgan fingerprint density at radius 1 is 1.23 bits per heavy atom. The van der Waals surface area contributed by atoms with Crippen molar-refractivity contribution in [1.29, 1.82) is 0 Å². The Bertz CT molecular complexity index is 884. The van der Waals surface area contributed by atoms with E-state index in [1.807, 2.05) is 0 Å². The van der Waals surface area contributed by atoms with Crippen LogP contribution in [0.15, 0.2) is 55.1 Å². The number of methoxy groups -OCH3 is 1. The first-order valence-electron chi connectivity index (χ1n) is 7.86. The number of nitrogens with one attached hydrogen (secondary N) is 1. The van der Waals surface area contributed by atoms with Crippen LogP contribution in [-0.4, -0.2) is 34.4 Å². The number of halogens is 1. The van der Waals surface area contributed by atoms with Crippen molar-refractivity contribution in [3.63, 3.8) is 0 Å². The van der Waals surface area contributed by atoms with Crippen LogP contribution in [0.25, 0.3) is 0 Å². The van der Waals surface area contributed by atoms with Crippen LogP contribution in [0.4, 0.5) is 10.1 Å². The largest absolute Gasteiger partial charge is 0.497 e. The number of carbonyl (C=O) groups is 1. The molecular weight excluding hydrogens is 339 g/mol. The Kier molecular flexibility index (Phi) is 5.43. The van der Waals surface area contributed by atoms with E-state index in [2.05, 4.69) is 15.4 Å². The lowest BCUT2D eigenvalue weighted by Gasteiger charge is -2.10. The number of benzene rings is 2. The van der Waals surface area contributed by atoms with Crippen LogP contribution in [0, 0.1) is 5.82 Å². The molecule has 1 N–H and O–H groups in total. The van der Waals surface area contributed by atoms with E-state index in [4.69, 9.17) is 9.47 Å². The molecule has 0 radical (unpaired) electrons. The molecule has 3 aromatic rings. The number of hydrogen-bond acceptors (Lipinski definition) is 5. The van der Waals surface area contributed by atoms with E-state index >= 15 is 0 Å². The van der Waals surface area contributed by atoms with Gasteiger partial charge in [-0.3, -0.25) is 4.79 Å². The Morgan fingerprint density at radius 2 is 2.12 bits per heavy atom. The summed E-state index contributed by atoms with van der Waals surface area (Å²) in [5.74, 6) is -0.271. The van der Waals surface area contributed by atoms with E-state index in [9.17, 15) is 9.18 Å². The molecule has 0 bridgehead atoms. The standard InChI is InChI=1S/C18H17FN4O3/c1-25-14-5-6-16(17(19)10-14)18(24)22-13-3-2-4-15(9-13)26-8-7-23-12-20-11-21-23/h2-6,9-12H,7-8H2,1H3,(H,22,24). The minimum Gasteiger partial charge on any atom is -0.497 e. The number of ether oxygens (including phenoxy) is 2. The summed E-state index contributed by atoms with van der Waals surface area (Å²) in [6, 6.07) is 10.9. The maximum atomic E-state index is 14.0. The second-order valence-corrected chi connectivity index (χ2v) is 5.33. The summed E-state index contributed by atoms with van der Waals surface area (Å²) >= 11 is 0. The second-order valence-electron chi connectivity index (χ2n) is 5.33. The molecule has 26 heavy (non-hydrogen) atoms. The van der Waals surface area contributed by atoms with Crippen molar-refractivity contribution in [3.8, 4) is 11.5 Å². The third-order valence-corrected chi connectivity index (χ3v) is 3.57. The summed E-state index contributed by atoms with van der Waals surface area (Å²) in [4.78, 5) is 16.1. The van der Waals surface area contributed by atoms with Crippen molar-refractivity contribution in [2.45, 2.75) is 6.54 Å². The van der Waals surface area contributed by atoms with Crippen LogP contribution in [0.2, 0.25) is 0 Å². The van der Waals surface area contributed by atoms with Crippen LogP contribution in [0.3, 0.4) is 0 Å². The van der Waals surface area contributed by atoms with E-state index in [0.29, 0.717) is 30.3 Å². The van der Waals surface area contributed by atoms with Gasteiger partial charge < -0.3 is 14.8 Å². The zero-order valence-electron chi connectivity index (χ0n) is 14.1. The third kappa shape index (κ3) is 4.35. The maximum absolute atomic E-state index is 14.0. The number of amides is 1. The smallest absolute Gasteiger partial charge is 0.258 e. The van der Waals surface area contributed by atoms with E-state index in [1.165, 1.54) is 31.6 Å². The molecule has 0 saturated heterocycles. The van der Waals surface area contributed by atoms with Crippen LogP contribution in [0.1, 0.15) is 10.4 Å². The molecule has 1 aromatic heterocycles. The SMILES string of the molecule is COc1ccc(C(=O)Nc2cccc(OCCn3cncn3)c2)c(F)c1. The van der Waals surface area contributed by atoms with E-state index in [1.54, 1.807) is 35.3 Å². The Morgan fingerprint density at radius 3 is 2.85 bits per heavy atom. The first-order valence-corrected chi connectivity index (χ1v) is 7.86. The normalized spacial score (nSPS) is 10.4. The van der Waals surface area contributed by atoms with E-state index in [-0.39, 0.29) is 5.56 Å². The Hall–Kier alpha value is -3.42. The Balaban J connectivity index is 1.61. The van der Waals surface area contributed by atoms with Gasteiger partial charge in [-0.1, -0.05) is 6.07 Å². The first-order chi connectivity index (χ1) is 12.7. The molecule has 0 aliphatic rings. The lowest BCUT2D eigenvalue weighted by Crippen LogP contribution is -2.14. The highest BCUT2D eigenvalue weighted by Gasteiger charge is 2.13. The first kappa shape index (κ1) is 17.4. The molecule has 134 valence electrons. The number of carbonyl (C=O) groups excluding carboxylic acids is 1. The minimum absolute atomic E-state index is 0.0664. The molecule has 0 aliphatic carbocycles. The number of rotatable bonds is 7. The molecule has 0 saturated carbocycles. The molecule has 0 aliphatic heterocycles. The zero-order chi connectivity index (χ0) is 18.4. The quantitative estimate of drug-likeness (QED) is 0.704. The molecule has 3 rings (SSSR count). The highest BCUT2D eigenvalue weighted by molar-refractivity contribution is 6.04. The molecular formula is C18H17FN4O3. The predicted octanol–water partition coefficient (Wildman–Crippen LogP) is 2.76. The van der Waals surface area contributed by atoms with Crippen LogP contribution in [-0.2, 0) is 6.54 Å². The van der Waals surface area contributed by atoms with Gasteiger partial charge in [-0.15, -0.1) is 0 Å². The number of hydrogen-bond donors (Lipinski definition) is 1. The van der Waals surface area contributed by atoms with Gasteiger partial charge in [-0.05, 0) is 24.3 Å². The van der Waals surface area contributed by atoms with Gasteiger partial charge in [0.2, 0.25) is 0 Å². The molecule has 0 unspecified atom stereocenters. The molecule has 8 heteroatoms. The van der Waals surface area contributed by atoms with Crippen molar-refractivity contribution in [2.24, 2.45) is 0 Å². The monoisotopic (exact) mass is 356 g/mol. The average Bonchev–Trinajstić information content (AvgIpc) is 3.15. The molecule has 0 atom stereocenters. The van der Waals surface area contributed by atoms with Gasteiger partial charge in [-0.2, -0.15) is 5.10 Å². The van der Waals surface area contributed by atoms with Crippen molar-refractivity contribution in [2.75, 3.05) is 19.0 Å². The lowest BCUT2D eigenvalue weighted by atomic mass is 10.2. The van der Waals surface area contributed by atoms with Crippen LogP contribution < -0.4 is 14.8 Å². The summed E-state index contributed by atoms with van der Waals surface area (Å²) in [5, 5.41) is 6.64. The van der Waals surface area contributed by atoms with Crippen LogP contribution in [0.5, 0.6) is 11.5 Å². The van der Waals surface area contributed by atoms with E-state index in [0.717, 1.165) is 0 Å². The topological polar surface area (TPSA) is 78.3 Å². The van der Waals surface area contributed by atoms with Gasteiger partial charge >= 0.3 is 0 Å². The molecule has 0 fully saturated rings. The highest BCUT2D eigenvalue weighted by Crippen LogP contribution is 2.20. The molecule has 2 aromatic carbocycles. The molecule has 7 nitrogen and oxygen atoms in total. The van der Waals surface area contributed by atoms with Gasteiger partial charge in [0.15, 0.2) is 0 Å². The molecule has 1 heterocycles. The highest BCUT2D eigenvalue weighted by atomic mass is 19.1. The van der Waals surface area contributed by atoms with Gasteiger partial charge in [0.1, 0.15) is 36.6 Å². The minimum atomic E-state index is -0.651. The molecule has 1 amide bonds. The fourth-order valence-electron chi connectivity index (χ4n) is 2.27. The molecule has 0 spiro atoms. The Labute approximate surface area is 149 Å². The maximum Gasteiger partial charge on any atom is 0.258 e. The van der Waals surface area contributed by atoms with E-state index < -0.39 is 11.7 Å². The summed E-state index contributed by atoms with van der Waals surface area (Å²) in [6.07, 6.45) is 3.05. The van der Waals surface area contributed by atoms with Crippen molar-refractivity contribution in [3.05, 3.63) is 66.5 Å². The van der Waals surface area contributed by atoms with Crippen molar-refractivity contribution < 1.29 is 18.7 Å². The van der Waals surface area contributed by atoms with Gasteiger partial charge in [0.25, 0.3) is 5.91 Å². The van der Waals surface area contributed by atoms with Crippen molar-refractivity contribution in [1.82, 2.24) is 14.8 Å². The average molecular weight is 356 g/mol. The number of nitrogens with zero attached hydrogens (tertiary/aromatic N) is 3. The second kappa shape index (κ2) is 8.11. The number of aromatic nitrogens is 3. The third-order valence-electron chi connectivity index (χ3n) is 3.57. The summed E-state index contributed by atoms with van der Waals surface area (Å²) in [7, 11) is 1.43. The zero-order valence-corrected chi connectivity index (χ0v) is 14.1. The summed E-state index contributed by atoms with van der Waals surface area (Å²) in [6.45, 7) is 0.946. The van der Waals surface area contributed by atoms with Gasteiger partial charge in [0.05, 0.1) is 19.2 Å².